The lowest BCUT2D eigenvalue weighted by Crippen LogP contribution is -2.29. The molecule has 1 aromatic carbocycles. The molecule has 2 saturated carbocycles. The number of anilines is 1. The van der Waals surface area contributed by atoms with E-state index < -0.39 is 11.8 Å². The van der Waals surface area contributed by atoms with Crippen molar-refractivity contribution in [3.05, 3.63) is 58.9 Å². The van der Waals surface area contributed by atoms with Gasteiger partial charge in [-0.1, -0.05) is 24.0 Å². The lowest BCUT2D eigenvalue weighted by molar-refractivity contribution is 0.109. The molecular weight excluding hydrogens is 463 g/mol. The van der Waals surface area contributed by atoms with Gasteiger partial charge in [0.2, 0.25) is 0 Å². The average Bonchev–Trinajstić information content (AvgIpc) is 3.65. The molecule has 2 aliphatic carbocycles. The summed E-state index contributed by atoms with van der Waals surface area (Å²) < 4.78 is 19.1. The highest BCUT2D eigenvalue weighted by molar-refractivity contribution is 7.15. The summed E-state index contributed by atoms with van der Waals surface area (Å²) in [6.07, 6.45) is 5.07. The second-order valence-corrected chi connectivity index (χ2v) is 10.9. The van der Waals surface area contributed by atoms with Crippen LogP contribution in [0.5, 0.6) is 5.75 Å². The first-order valence-corrected chi connectivity index (χ1v) is 12.8. The van der Waals surface area contributed by atoms with Crippen molar-refractivity contribution in [2.24, 2.45) is 11.8 Å². The fraction of sp³-hybridized carbons (Fsp3) is 0.407. The van der Waals surface area contributed by atoms with Gasteiger partial charge in [0.05, 0.1) is 9.88 Å². The van der Waals surface area contributed by atoms with Gasteiger partial charge >= 0.3 is 0 Å². The molecule has 8 heteroatoms. The van der Waals surface area contributed by atoms with E-state index in [0.717, 1.165) is 47.5 Å². The SMILES string of the molecule is CN1CCC(c2ncc(-c3cnc(N)c(OCc4cccc(C#CC5(O)C6C(F)C65)c4)c3)s2)CC1. The summed E-state index contributed by atoms with van der Waals surface area (Å²) in [4.78, 5) is 12.5. The standard InChI is InChI=1S/C27H27FN4O2S/c1-32-9-6-18(7-10-32)26-31-14-21(35-26)19-12-20(25(29)30-13-19)34-15-17-4-2-3-16(11-17)5-8-27(33)22-23(27)24(22)28/h2-4,11-14,18,22-24,33H,6-7,9-10,15H2,1H3,(H2,29,30). The molecule has 0 radical (unpaired) electrons. The van der Waals surface area contributed by atoms with Gasteiger partial charge in [-0.2, -0.15) is 0 Å². The molecule has 3 N–H and O–H groups in total. The topological polar surface area (TPSA) is 84.5 Å². The number of hydrogen-bond donors (Lipinski definition) is 2. The van der Waals surface area contributed by atoms with E-state index in [2.05, 4.69) is 28.8 Å². The molecular formula is C27H27FN4O2S. The predicted molar refractivity (Wildman–Crippen MR) is 134 cm³/mol. The Morgan fingerprint density at radius 3 is 2.80 bits per heavy atom. The molecule has 2 atom stereocenters. The fourth-order valence-corrected chi connectivity index (χ4v) is 5.95. The Hall–Kier alpha value is -2.99. The van der Waals surface area contributed by atoms with Crippen molar-refractivity contribution >= 4 is 17.2 Å². The number of benzene rings is 1. The summed E-state index contributed by atoms with van der Waals surface area (Å²) in [7, 11) is 2.16. The Morgan fingerprint density at radius 1 is 1.23 bits per heavy atom. The quantitative estimate of drug-likeness (QED) is 0.529. The number of ether oxygens (including phenoxy) is 1. The molecule has 180 valence electrons. The van der Waals surface area contributed by atoms with E-state index in [1.54, 1.807) is 17.5 Å². The Bertz CT molecular complexity index is 1310. The third-order valence-corrected chi connectivity index (χ3v) is 8.53. The van der Waals surface area contributed by atoms with Gasteiger partial charge in [0, 0.05) is 41.3 Å². The maximum atomic E-state index is 13.1. The van der Waals surface area contributed by atoms with Crippen molar-refractivity contribution in [2.75, 3.05) is 25.9 Å². The molecule has 0 spiro atoms. The van der Waals surface area contributed by atoms with Crippen LogP contribution in [-0.2, 0) is 6.61 Å². The molecule has 0 amide bonds. The zero-order chi connectivity index (χ0) is 24.2. The highest BCUT2D eigenvalue weighted by Gasteiger charge is 2.85. The number of piperidine rings is 1. The first kappa shape index (κ1) is 22.5. The first-order chi connectivity index (χ1) is 16.9. The number of nitrogens with two attached hydrogens (primary N) is 1. The van der Waals surface area contributed by atoms with Crippen LogP contribution < -0.4 is 10.5 Å². The number of nitrogens with zero attached hydrogens (tertiary/aromatic N) is 3. The van der Waals surface area contributed by atoms with Gasteiger partial charge in [-0.15, -0.1) is 11.3 Å². The number of likely N-dealkylation sites (tertiary alicyclic amines) is 1. The molecule has 0 bridgehead atoms. The summed E-state index contributed by atoms with van der Waals surface area (Å²) in [6, 6.07) is 9.51. The molecule has 6 rings (SSSR count). The van der Waals surface area contributed by atoms with Crippen LogP contribution in [0.3, 0.4) is 0 Å². The van der Waals surface area contributed by atoms with Crippen molar-refractivity contribution in [3.63, 3.8) is 0 Å². The molecule has 1 saturated heterocycles. The van der Waals surface area contributed by atoms with Crippen LogP contribution in [0.2, 0.25) is 0 Å². The molecule has 2 aromatic heterocycles. The van der Waals surface area contributed by atoms with Crippen LogP contribution in [0, 0.1) is 23.7 Å². The maximum Gasteiger partial charge on any atom is 0.166 e. The third-order valence-electron chi connectivity index (χ3n) is 7.33. The van der Waals surface area contributed by atoms with E-state index in [1.165, 1.54) is 5.01 Å². The first-order valence-electron chi connectivity index (χ1n) is 11.9. The number of aromatic nitrogens is 2. The van der Waals surface area contributed by atoms with Gasteiger partial charge < -0.3 is 20.5 Å². The van der Waals surface area contributed by atoms with Crippen molar-refractivity contribution in [1.82, 2.24) is 14.9 Å². The molecule has 2 unspecified atom stereocenters. The number of pyridine rings is 1. The summed E-state index contributed by atoms with van der Waals surface area (Å²) >= 11 is 1.72. The Kier molecular flexibility index (Phi) is 5.52. The van der Waals surface area contributed by atoms with Crippen LogP contribution in [-0.4, -0.2) is 51.9 Å². The Morgan fingerprint density at radius 2 is 2.03 bits per heavy atom. The largest absolute Gasteiger partial charge is 0.485 e. The molecule has 3 fully saturated rings. The number of thiazole rings is 1. The van der Waals surface area contributed by atoms with Crippen molar-refractivity contribution in [1.29, 1.82) is 0 Å². The van der Waals surface area contributed by atoms with Gasteiger partial charge in [0.15, 0.2) is 11.6 Å². The number of nitrogen functional groups attached to an aromatic ring is 1. The number of rotatable bonds is 5. The van der Waals surface area contributed by atoms with Crippen LogP contribution >= 0.6 is 11.3 Å². The Labute approximate surface area is 208 Å². The summed E-state index contributed by atoms with van der Waals surface area (Å²) in [5, 5.41) is 11.4. The maximum absolute atomic E-state index is 13.1. The molecule has 3 aromatic rings. The van der Waals surface area contributed by atoms with Crippen LogP contribution in [0.1, 0.15) is 34.9 Å². The third kappa shape index (κ3) is 4.29. The second-order valence-electron chi connectivity index (χ2n) is 9.81. The monoisotopic (exact) mass is 490 g/mol. The van der Waals surface area contributed by atoms with Crippen molar-refractivity contribution in [2.45, 2.75) is 37.1 Å². The predicted octanol–water partition coefficient (Wildman–Crippen LogP) is 3.86. The zero-order valence-electron chi connectivity index (χ0n) is 19.4. The van der Waals surface area contributed by atoms with E-state index in [1.807, 2.05) is 36.5 Å². The molecule has 1 aliphatic heterocycles. The highest BCUT2D eigenvalue weighted by Crippen LogP contribution is 2.72. The number of alkyl halides is 1. The van der Waals surface area contributed by atoms with Gasteiger partial charge in [-0.05, 0) is 56.7 Å². The number of fused-ring (bicyclic) bond motifs is 1. The fourth-order valence-electron chi connectivity index (χ4n) is 4.88. The van der Waals surface area contributed by atoms with Gasteiger partial charge in [0.25, 0.3) is 0 Å². The van der Waals surface area contributed by atoms with E-state index in [-0.39, 0.29) is 11.8 Å². The lowest BCUT2D eigenvalue weighted by Gasteiger charge is -2.27. The smallest absolute Gasteiger partial charge is 0.166 e. The van der Waals surface area contributed by atoms with Crippen LogP contribution in [0.4, 0.5) is 10.2 Å². The van der Waals surface area contributed by atoms with Crippen molar-refractivity contribution < 1.29 is 14.2 Å². The number of halogens is 1. The van der Waals surface area contributed by atoms with Gasteiger partial charge in [0.1, 0.15) is 18.4 Å². The number of aliphatic hydroxyl groups is 1. The lowest BCUT2D eigenvalue weighted by atomic mass is 9.98. The summed E-state index contributed by atoms with van der Waals surface area (Å²) in [6.45, 7) is 2.51. The van der Waals surface area contributed by atoms with Crippen molar-refractivity contribution in [3.8, 4) is 28.0 Å². The van der Waals surface area contributed by atoms with E-state index in [0.29, 0.717) is 24.1 Å². The molecule has 6 nitrogen and oxygen atoms in total. The van der Waals surface area contributed by atoms with Crippen LogP contribution in [0.15, 0.2) is 42.7 Å². The van der Waals surface area contributed by atoms with Gasteiger partial charge in [-0.3, -0.25) is 0 Å². The highest BCUT2D eigenvalue weighted by atomic mass is 32.1. The normalized spacial score (nSPS) is 27.6. The molecule has 35 heavy (non-hydrogen) atoms. The molecule has 3 heterocycles. The van der Waals surface area contributed by atoms with Crippen LogP contribution in [0.25, 0.3) is 10.4 Å². The van der Waals surface area contributed by atoms with E-state index in [9.17, 15) is 9.50 Å². The summed E-state index contributed by atoms with van der Waals surface area (Å²) in [5.41, 5.74) is 7.58. The Balaban J connectivity index is 1.12. The minimum Gasteiger partial charge on any atom is -0.485 e. The van der Waals surface area contributed by atoms with E-state index >= 15 is 0 Å². The minimum absolute atomic E-state index is 0.289. The van der Waals surface area contributed by atoms with Gasteiger partial charge in [-0.25, -0.2) is 14.4 Å². The van der Waals surface area contributed by atoms with E-state index in [4.69, 9.17) is 15.5 Å². The second kappa shape index (κ2) is 8.59. The minimum atomic E-state index is -1.13. The summed E-state index contributed by atoms with van der Waals surface area (Å²) in [5.74, 6) is 6.60. The number of hydrogen-bond acceptors (Lipinski definition) is 7. The average molecular weight is 491 g/mol. The molecule has 3 aliphatic rings. The zero-order valence-corrected chi connectivity index (χ0v) is 20.3.